The van der Waals surface area contributed by atoms with Crippen molar-refractivity contribution in [2.45, 2.75) is 19.1 Å². The molecule has 1 heterocycles. The average Bonchev–Trinajstić information content (AvgIpc) is 2.80. The third-order valence-corrected chi connectivity index (χ3v) is 2.91. The SMILES string of the molecule is C=C(c1ccc2ccoc2c1)C(NCC)C(F)(F)F. The molecule has 0 radical (unpaired) electrons. The van der Waals surface area contributed by atoms with Crippen molar-refractivity contribution in [2.75, 3.05) is 6.54 Å². The van der Waals surface area contributed by atoms with Crippen LogP contribution in [0.25, 0.3) is 16.5 Å². The second kappa shape index (κ2) is 5.09. The second-order valence-electron chi connectivity index (χ2n) is 4.23. The third kappa shape index (κ3) is 2.81. The van der Waals surface area contributed by atoms with E-state index in [-0.39, 0.29) is 12.1 Å². The van der Waals surface area contributed by atoms with Gasteiger partial charge >= 0.3 is 6.18 Å². The van der Waals surface area contributed by atoms with Gasteiger partial charge in [0.25, 0.3) is 0 Å². The second-order valence-corrected chi connectivity index (χ2v) is 4.23. The minimum absolute atomic E-state index is 0.00681. The van der Waals surface area contributed by atoms with Gasteiger partial charge in [-0.1, -0.05) is 25.6 Å². The van der Waals surface area contributed by atoms with Crippen LogP contribution in [0.5, 0.6) is 0 Å². The van der Waals surface area contributed by atoms with E-state index < -0.39 is 12.2 Å². The van der Waals surface area contributed by atoms with E-state index in [1.165, 1.54) is 6.26 Å². The number of benzene rings is 1. The Hall–Kier alpha value is -1.75. The molecule has 0 amide bonds. The van der Waals surface area contributed by atoms with E-state index >= 15 is 0 Å². The molecule has 2 rings (SSSR count). The maximum absolute atomic E-state index is 13.0. The van der Waals surface area contributed by atoms with E-state index in [9.17, 15) is 13.2 Å². The van der Waals surface area contributed by atoms with Gasteiger partial charge in [0, 0.05) is 5.39 Å². The fourth-order valence-electron chi connectivity index (χ4n) is 1.96. The zero-order chi connectivity index (χ0) is 14.0. The first-order valence-electron chi connectivity index (χ1n) is 5.90. The highest BCUT2D eigenvalue weighted by atomic mass is 19.4. The molecule has 0 aliphatic carbocycles. The Morgan fingerprint density at radius 1 is 1.37 bits per heavy atom. The van der Waals surface area contributed by atoms with E-state index in [0.717, 1.165) is 5.39 Å². The lowest BCUT2D eigenvalue weighted by molar-refractivity contribution is -0.141. The maximum atomic E-state index is 13.0. The van der Waals surface area contributed by atoms with Gasteiger partial charge in [-0.15, -0.1) is 0 Å². The number of rotatable bonds is 4. The van der Waals surface area contributed by atoms with E-state index in [1.807, 2.05) is 0 Å². The molecule has 1 aromatic carbocycles. The molecule has 102 valence electrons. The standard InChI is InChI=1S/C14H14F3NO/c1-3-18-13(14(15,16)17)9(2)11-5-4-10-6-7-19-12(10)8-11/h4-8,13,18H,2-3H2,1H3. The molecule has 0 bridgehead atoms. The van der Waals surface area contributed by atoms with Gasteiger partial charge in [0.2, 0.25) is 0 Å². The van der Waals surface area contributed by atoms with E-state index in [1.54, 1.807) is 31.2 Å². The summed E-state index contributed by atoms with van der Waals surface area (Å²) in [6.07, 6.45) is -2.87. The van der Waals surface area contributed by atoms with E-state index in [4.69, 9.17) is 4.42 Å². The molecule has 19 heavy (non-hydrogen) atoms. The van der Waals surface area contributed by atoms with Crippen LogP contribution in [0.1, 0.15) is 12.5 Å². The van der Waals surface area contributed by atoms with Crippen LogP contribution in [0, 0.1) is 0 Å². The van der Waals surface area contributed by atoms with Crippen LogP contribution in [-0.4, -0.2) is 18.8 Å². The number of alkyl halides is 3. The molecule has 2 aromatic rings. The van der Waals surface area contributed by atoms with Crippen molar-refractivity contribution in [3.8, 4) is 0 Å². The van der Waals surface area contributed by atoms with Crippen LogP contribution >= 0.6 is 0 Å². The van der Waals surface area contributed by atoms with Gasteiger partial charge in [0.05, 0.1) is 6.26 Å². The Morgan fingerprint density at radius 3 is 2.74 bits per heavy atom. The summed E-state index contributed by atoms with van der Waals surface area (Å²) in [6.45, 7) is 5.42. The van der Waals surface area contributed by atoms with Crippen molar-refractivity contribution in [3.63, 3.8) is 0 Å². The van der Waals surface area contributed by atoms with Crippen LogP contribution in [-0.2, 0) is 0 Å². The minimum Gasteiger partial charge on any atom is -0.464 e. The molecular formula is C14H14F3NO. The lowest BCUT2D eigenvalue weighted by Gasteiger charge is -2.23. The Labute approximate surface area is 108 Å². The Balaban J connectivity index is 2.35. The molecule has 2 nitrogen and oxygen atoms in total. The predicted molar refractivity (Wildman–Crippen MR) is 68.8 cm³/mol. The monoisotopic (exact) mass is 269 g/mol. The molecular weight excluding hydrogens is 255 g/mol. The van der Waals surface area contributed by atoms with E-state index in [2.05, 4.69) is 11.9 Å². The number of hydrogen-bond donors (Lipinski definition) is 1. The first-order chi connectivity index (χ1) is 8.93. The summed E-state index contributed by atoms with van der Waals surface area (Å²) in [5.74, 6) is 0. The molecule has 1 atom stereocenters. The molecule has 1 unspecified atom stereocenters. The zero-order valence-electron chi connectivity index (χ0n) is 10.4. The molecule has 0 spiro atoms. The number of halogens is 3. The third-order valence-electron chi connectivity index (χ3n) is 2.91. The molecule has 0 saturated heterocycles. The first kappa shape index (κ1) is 13.7. The average molecular weight is 269 g/mol. The van der Waals surface area contributed by atoms with Gasteiger partial charge in [0.1, 0.15) is 11.6 Å². The molecule has 1 aromatic heterocycles. The summed E-state index contributed by atoms with van der Waals surface area (Å²) >= 11 is 0. The van der Waals surface area contributed by atoms with Crippen LogP contribution < -0.4 is 5.32 Å². The molecule has 0 aliphatic heterocycles. The highest BCUT2D eigenvalue weighted by Crippen LogP contribution is 2.31. The number of nitrogens with one attached hydrogen (secondary N) is 1. The minimum atomic E-state index is -4.37. The summed E-state index contributed by atoms with van der Waals surface area (Å²) in [5, 5.41) is 3.26. The van der Waals surface area contributed by atoms with Gasteiger partial charge in [-0.3, -0.25) is 0 Å². The van der Waals surface area contributed by atoms with Crippen molar-refractivity contribution >= 4 is 16.5 Å². The Kier molecular flexibility index (Phi) is 3.66. The largest absolute Gasteiger partial charge is 0.464 e. The zero-order valence-corrected chi connectivity index (χ0v) is 10.4. The molecule has 5 heteroatoms. The Bertz CT molecular complexity index is 586. The van der Waals surface area contributed by atoms with E-state index in [0.29, 0.717) is 11.1 Å². The van der Waals surface area contributed by atoms with Gasteiger partial charge in [0.15, 0.2) is 0 Å². The number of hydrogen-bond acceptors (Lipinski definition) is 2. The highest BCUT2D eigenvalue weighted by molar-refractivity contribution is 5.82. The molecule has 0 fully saturated rings. The topological polar surface area (TPSA) is 25.2 Å². The maximum Gasteiger partial charge on any atom is 0.407 e. The van der Waals surface area contributed by atoms with Gasteiger partial charge < -0.3 is 9.73 Å². The molecule has 0 saturated carbocycles. The van der Waals surface area contributed by atoms with Gasteiger partial charge in [-0.25, -0.2) is 0 Å². The normalized spacial score (nSPS) is 13.7. The summed E-state index contributed by atoms with van der Waals surface area (Å²) in [7, 11) is 0. The van der Waals surface area contributed by atoms with Crippen molar-refractivity contribution in [3.05, 3.63) is 42.7 Å². The molecule has 1 N–H and O–H groups in total. The smallest absolute Gasteiger partial charge is 0.407 e. The van der Waals surface area contributed by atoms with Gasteiger partial charge in [-0.2, -0.15) is 13.2 Å². The van der Waals surface area contributed by atoms with Gasteiger partial charge in [-0.05, 0) is 29.8 Å². The summed E-state index contributed by atoms with van der Waals surface area (Å²) < 4.78 is 44.0. The van der Waals surface area contributed by atoms with Crippen LogP contribution in [0.15, 0.2) is 41.5 Å². The van der Waals surface area contributed by atoms with Crippen molar-refractivity contribution in [1.82, 2.24) is 5.32 Å². The Morgan fingerprint density at radius 2 is 2.11 bits per heavy atom. The highest BCUT2D eigenvalue weighted by Gasteiger charge is 2.41. The number of fused-ring (bicyclic) bond motifs is 1. The number of furan rings is 1. The fourth-order valence-corrected chi connectivity index (χ4v) is 1.96. The molecule has 0 aliphatic rings. The van der Waals surface area contributed by atoms with Crippen LogP contribution in [0.3, 0.4) is 0 Å². The summed E-state index contributed by atoms with van der Waals surface area (Å²) in [4.78, 5) is 0. The predicted octanol–water partition coefficient (Wildman–Crippen LogP) is 3.99. The lowest BCUT2D eigenvalue weighted by atomic mass is 9.99. The van der Waals surface area contributed by atoms with Crippen molar-refractivity contribution in [1.29, 1.82) is 0 Å². The number of likely N-dealkylation sites (N-methyl/N-ethyl adjacent to an activating group) is 1. The van der Waals surface area contributed by atoms with Crippen molar-refractivity contribution < 1.29 is 17.6 Å². The van der Waals surface area contributed by atoms with Crippen LogP contribution in [0.2, 0.25) is 0 Å². The summed E-state index contributed by atoms with van der Waals surface area (Å²) in [6, 6.07) is 4.93. The van der Waals surface area contributed by atoms with Crippen LogP contribution in [0.4, 0.5) is 13.2 Å². The quantitative estimate of drug-likeness (QED) is 0.908. The van der Waals surface area contributed by atoms with Crippen molar-refractivity contribution in [2.24, 2.45) is 0 Å². The fraction of sp³-hybridized carbons (Fsp3) is 0.286. The summed E-state index contributed by atoms with van der Waals surface area (Å²) in [5.41, 5.74) is 0.967. The lowest BCUT2D eigenvalue weighted by Crippen LogP contribution is -2.42. The first-order valence-corrected chi connectivity index (χ1v) is 5.90.